The van der Waals surface area contributed by atoms with Crippen molar-refractivity contribution in [2.24, 2.45) is 0 Å². The average Bonchev–Trinajstić information content (AvgIpc) is 2.89. The lowest BCUT2D eigenvalue weighted by atomic mass is 10.2. The van der Waals surface area contributed by atoms with Crippen molar-refractivity contribution in [2.75, 3.05) is 6.54 Å². The Bertz CT molecular complexity index is 1040. The summed E-state index contributed by atoms with van der Waals surface area (Å²) in [6.07, 6.45) is 1.53. The zero-order chi connectivity index (χ0) is 21.1. The SMILES string of the molecule is O=C(O)CN1C(=O)S/C(=C/c2ccc(OCc3ccc(Cl)cc3Cl)c(Br)c2)C1=O. The lowest BCUT2D eigenvalue weighted by molar-refractivity contribution is -0.140. The highest BCUT2D eigenvalue weighted by atomic mass is 79.9. The van der Waals surface area contributed by atoms with Crippen LogP contribution < -0.4 is 4.74 Å². The molecule has 29 heavy (non-hydrogen) atoms. The number of carboxylic acids is 1. The molecule has 0 atom stereocenters. The van der Waals surface area contributed by atoms with Gasteiger partial charge >= 0.3 is 5.97 Å². The molecule has 1 heterocycles. The molecule has 1 fully saturated rings. The van der Waals surface area contributed by atoms with Gasteiger partial charge in [-0.15, -0.1) is 0 Å². The summed E-state index contributed by atoms with van der Waals surface area (Å²) in [6, 6.07) is 10.3. The number of benzene rings is 2. The Morgan fingerprint density at radius 1 is 1.21 bits per heavy atom. The smallest absolute Gasteiger partial charge is 0.323 e. The van der Waals surface area contributed by atoms with Gasteiger partial charge in [-0.3, -0.25) is 19.3 Å². The first-order valence-electron chi connectivity index (χ1n) is 8.08. The van der Waals surface area contributed by atoms with Gasteiger partial charge < -0.3 is 9.84 Å². The number of hydrogen-bond donors (Lipinski definition) is 1. The number of carbonyl (C=O) groups is 3. The minimum absolute atomic E-state index is 0.157. The van der Waals surface area contributed by atoms with E-state index < -0.39 is 23.7 Å². The van der Waals surface area contributed by atoms with Gasteiger partial charge in [0.15, 0.2) is 0 Å². The Labute approximate surface area is 188 Å². The van der Waals surface area contributed by atoms with Crippen LogP contribution in [0.15, 0.2) is 45.8 Å². The summed E-state index contributed by atoms with van der Waals surface area (Å²) >= 11 is 16.1. The van der Waals surface area contributed by atoms with E-state index in [2.05, 4.69) is 15.9 Å². The molecule has 1 N–H and O–H groups in total. The van der Waals surface area contributed by atoms with Gasteiger partial charge in [-0.05, 0) is 63.6 Å². The third kappa shape index (κ3) is 5.33. The Kier molecular flexibility index (Phi) is 6.89. The number of nitrogens with zero attached hydrogens (tertiary/aromatic N) is 1. The summed E-state index contributed by atoms with van der Waals surface area (Å²) in [5, 5.41) is 9.24. The fraction of sp³-hybridized carbons (Fsp3) is 0.105. The molecule has 6 nitrogen and oxygen atoms in total. The van der Waals surface area contributed by atoms with Crippen molar-refractivity contribution in [1.82, 2.24) is 4.90 Å². The highest BCUT2D eigenvalue weighted by molar-refractivity contribution is 9.10. The van der Waals surface area contributed by atoms with Crippen molar-refractivity contribution >= 4 is 74.1 Å². The first-order valence-corrected chi connectivity index (χ1v) is 10.4. The maximum Gasteiger partial charge on any atom is 0.323 e. The van der Waals surface area contributed by atoms with Gasteiger partial charge in [-0.2, -0.15) is 0 Å². The van der Waals surface area contributed by atoms with Crippen LogP contribution in [-0.2, 0) is 16.2 Å². The van der Waals surface area contributed by atoms with Crippen LogP contribution in [0.1, 0.15) is 11.1 Å². The molecule has 0 unspecified atom stereocenters. The van der Waals surface area contributed by atoms with E-state index in [1.54, 1.807) is 36.4 Å². The van der Waals surface area contributed by atoms with Gasteiger partial charge in [0.2, 0.25) is 0 Å². The zero-order valence-electron chi connectivity index (χ0n) is 14.5. The molecule has 10 heteroatoms. The van der Waals surface area contributed by atoms with E-state index in [9.17, 15) is 14.4 Å². The van der Waals surface area contributed by atoms with Gasteiger partial charge in [-0.1, -0.05) is 35.3 Å². The first kappa shape index (κ1) is 21.7. The molecule has 0 aromatic heterocycles. The lowest BCUT2D eigenvalue weighted by Crippen LogP contribution is -2.33. The number of carbonyl (C=O) groups excluding carboxylic acids is 2. The van der Waals surface area contributed by atoms with E-state index in [0.29, 0.717) is 42.5 Å². The fourth-order valence-electron chi connectivity index (χ4n) is 2.44. The Morgan fingerprint density at radius 2 is 1.97 bits per heavy atom. The third-order valence-corrected chi connectivity index (χ3v) is 5.93. The van der Waals surface area contributed by atoms with E-state index in [1.807, 2.05) is 0 Å². The number of halogens is 3. The summed E-state index contributed by atoms with van der Waals surface area (Å²) in [4.78, 5) is 35.7. The molecule has 0 spiro atoms. The average molecular weight is 517 g/mol. The van der Waals surface area contributed by atoms with E-state index in [-0.39, 0.29) is 11.5 Å². The number of hydrogen-bond acceptors (Lipinski definition) is 5. The summed E-state index contributed by atoms with van der Waals surface area (Å²) in [5.41, 5.74) is 1.42. The second kappa shape index (κ2) is 9.21. The quantitative estimate of drug-likeness (QED) is 0.513. The second-order valence-electron chi connectivity index (χ2n) is 5.88. The van der Waals surface area contributed by atoms with Crippen LogP contribution >= 0.6 is 50.9 Å². The van der Waals surface area contributed by atoms with Crippen LogP contribution in [0.2, 0.25) is 10.0 Å². The molecule has 0 saturated carbocycles. The highest BCUT2D eigenvalue weighted by Gasteiger charge is 2.36. The molecule has 0 aliphatic carbocycles. The second-order valence-corrected chi connectivity index (χ2v) is 8.57. The predicted molar refractivity (Wildman–Crippen MR) is 115 cm³/mol. The number of carboxylic acid groups (broad SMARTS) is 1. The lowest BCUT2D eigenvalue weighted by Gasteiger charge is -2.10. The number of imide groups is 1. The highest BCUT2D eigenvalue weighted by Crippen LogP contribution is 2.34. The topological polar surface area (TPSA) is 83.9 Å². The van der Waals surface area contributed by atoms with E-state index >= 15 is 0 Å². The minimum Gasteiger partial charge on any atom is -0.488 e. The molecule has 1 aliphatic heterocycles. The largest absolute Gasteiger partial charge is 0.488 e. The standard InChI is InChI=1S/C19H12BrCl2NO5S/c20-13-5-10(6-16-18(26)23(8-17(24)25)19(27)29-16)1-4-15(13)28-9-11-2-3-12(21)7-14(11)22/h1-7H,8-9H2,(H,24,25)/b16-6+. The number of thioether (sulfide) groups is 1. The van der Waals surface area contributed by atoms with E-state index in [1.165, 1.54) is 6.08 Å². The van der Waals surface area contributed by atoms with Crippen LogP contribution in [-0.4, -0.2) is 33.7 Å². The zero-order valence-corrected chi connectivity index (χ0v) is 18.4. The molecule has 2 aromatic carbocycles. The van der Waals surface area contributed by atoms with Gasteiger partial charge in [0.1, 0.15) is 18.9 Å². The number of amides is 2. The molecule has 2 aromatic rings. The molecule has 3 rings (SSSR count). The minimum atomic E-state index is -1.25. The monoisotopic (exact) mass is 515 g/mol. The summed E-state index contributed by atoms with van der Waals surface area (Å²) in [7, 11) is 0. The van der Waals surface area contributed by atoms with E-state index in [0.717, 1.165) is 5.56 Å². The maximum atomic E-state index is 12.2. The fourth-order valence-corrected chi connectivity index (χ4v) is 4.25. The van der Waals surface area contributed by atoms with E-state index in [4.69, 9.17) is 33.0 Å². The summed E-state index contributed by atoms with van der Waals surface area (Å²) < 4.78 is 6.41. The van der Waals surface area contributed by atoms with Gasteiger partial charge in [0.25, 0.3) is 11.1 Å². The molecule has 0 bridgehead atoms. The molecule has 0 radical (unpaired) electrons. The molecule has 1 aliphatic rings. The van der Waals surface area contributed by atoms with Crippen molar-refractivity contribution in [3.05, 3.63) is 66.9 Å². The van der Waals surface area contributed by atoms with Crippen molar-refractivity contribution in [2.45, 2.75) is 6.61 Å². The van der Waals surface area contributed by atoms with Crippen molar-refractivity contribution in [3.8, 4) is 5.75 Å². The number of rotatable bonds is 6. The predicted octanol–water partition coefficient (Wildman–Crippen LogP) is 5.46. The first-order chi connectivity index (χ1) is 13.7. The van der Waals surface area contributed by atoms with Crippen LogP contribution in [0.25, 0.3) is 6.08 Å². The van der Waals surface area contributed by atoms with Gasteiger partial charge in [0, 0.05) is 15.6 Å². The normalized spacial score (nSPS) is 15.3. The summed E-state index contributed by atoms with van der Waals surface area (Å²) in [5.74, 6) is -1.32. The molecule has 150 valence electrons. The number of aliphatic carboxylic acids is 1. The maximum absolute atomic E-state index is 12.2. The van der Waals surface area contributed by atoms with Gasteiger partial charge in [-0.25, -0.2) is 0 Å². The molecule has 1 saturated heterocycles. The van der Waals surface area contributed by atoms with Crippen molar-refractivity contribution in [1.29, 1.82) is 0 Å². The third-order valence-electron chi connectivity index (χ3n) is 3.82. The molecular formula is C19H12BrCl2NO5S. The van der Waals surface area contributed by atoms with Crippen LogP contribution in [0.3, 0.4) is 0 Å². The summed E-state index contributed by atoms with van der Waals surface area (Å²) in [6.45, 7) is -0.423. The molecule has 2 amide bonds. The van der Waals surface area contributed by atoms with Crippen LogP contribution in [0.5, 0.6) is 5.75 Å². The van der Waals surface area contributed by atoms with Crippen LogP contribution in [0.4, 0.5) is 4.79 Å². The van der Waals surface area contributed by atoms with Gasteiger partial charge in [0.05, 0.1) is 9.38 Å². The Morgan fingerprint density at radius 3 is 2.62 bits per heavy atom. The van der Waals surface area contributed by atoms with Crippen molar-refractivity contribution in [3.63, 3.8) is 0 Å². The van der Waals surface area contributed by atoms with Crippen molar-refractivity contribution < 1.29 is 24.2 Å². The molecular weight excluding hydrogens is 505 g/mol. The van der Waals surface area contributed by atoms with Crippen LogP contribution in [0, 0.1) is 0 Å². The number of ether oxygens (including phenoxy) is 1. The Balaban J connectivity index is 1.72. The Hall–Kier alpha value is -2.00.